The molecule has 1 aromatic carbocycles. The molecule has 0 amide bonds. The molecule has 1 aliphatic rings. The molecular formula is C16H23NOS. The van der Waals surface area contributed by atoms with E-state index in [0.29, 0.717) is 6.04 Å². The topological polar surface area (TPSA) is 21.3 Å². The minimum atomic E-state index is 0.295. The molecular weight excluding hydrogens is 254 g/mol. The Morgan fingerprint density at radius 1 is 1.37 bits per heavy atom. The molecule has 0 radical (unpaired) electrons. The van der Waals surface area contributed by atoms with E-state index in [1.165, 1.54) is 16.0 Å². The predicted molar refractivity (Wildman–Crippen MR) is 82.5 cm³/mol. The zero-order valence-corrected chi connectivity index (χ0v) is 12.6. The fraction of sp³-hybridized carbons (Fsp3) is 0.500. The normalized spacial score (nSPS) is 16.6. The molecule has 1 aromatic rings. The van der Waals surface area contributed by atoms with Crippen molar-refractivity contribution in [2.75, 3.05) is 19.4 Å². The van der Waals surface area contributed by atoms with E-state index in [1.807, 2.05) is 18.0 Å². The lowest BCUT2D eigenvalue weighted by molar-refractivity contribution is 0.219. The van der Waals surface area contributed by atoms with Crippen molar-refractivity contribution in [3.63, 3.8) is 0 Å². The predicted octanol–water partition coefficient (Wildman–Crippen LogP) is 4.14. The Balaban J connectivity index is 2.27. The minimum absolute atomic E-state index is 0.295. The molecule has 0 saturated carbocycles. The van der Waals surface area contributed by atoms with Crippen molar-refractivity contribution in [1.29, 1.82) is 0 Å². The van der Waals surface area contributed by atoms with E-state index in [4.69, 9.17) is 4.74 Å². The number of hydrogen-bond donors (Lipinski definition) is 1. The third-order valence-corrected chi connectivity index (χ3v) is 4.19. The van der Waals surface area contributed by atoms with Crippen LogP contribution in [0.2, 0.25) is 0 Å². The summed E-state index contributed by atoms with van der Waals surface area (Å²) in [5, 5.41) is 3.67. The van der Waals surface area contributed by atoms with Crippen LogP contribution in [0, 0.1) is 0 Å². The maximum absolute atomic E-state index is 5.53. The van der Waals surface area contributed by atoms with Gasteiger partial charge < -0.3 is 10.1 Å². The number of ether oxygens (including phenoxy) is 1. The van der Waals surface area contributed by atoms with Gasteiger partial charge in [-0.25, -0.2) is 0 Å². The summed E-state index contributed by atoms with van der Waals surface area (Å²) in [7, 11) is 0. The Hall–Kier alpha value is -0.930. The van der Waals surface area contributed by atoms with Gasteiger partial charge in [0.15, 0.2) is 0 Å². The van der Waals surface area contributed by atoms with Crippen LogP contribution in [-0.4, -0.2) is 19.4 Å². The van der Waals surface area contributed by atoms with Gasteiger partial charge in [-0.3, -0.25) is 0 Å². The third kappa shape index (κ3) is 3.77. The fourth-order valence-corrected chi connectivity index (χ4v) is 3.07. The summed E-state index contributed by atoms with van der Waals surface area (Å²) < 4.78 is 5.53. The molecule has 0 fully saturated rings. The lowest BCUT2D eigenvalue weighted by atomic mass is 9.95. The molecule has 1 aliphatic heterocycles. The maximum Gasteiger partial charge on any atom is 0.0876 e. The average Bonchev–Trinajstić information content (AvgIpc) is 2.49. The van der Waals surface area contributed by atoms with Crippen molar-refractivity contribution < 1.29 is 4.74 Å². The standard InChI is InChI=1S/C16H23NOS/c1-3-10-17-16(13-7-6-11-18-12-13)14-8-4-5-9-15(14)19-2/h4-5,8-9,12,16-17H,3,6-7,10-11H2,1-2H3. The molecule has 1 unspecified atom stereocenters. The van der Waals surface area contributed by atoms with Gasteiger partial charge >= 0.3 is 0 Å². The Morgan fingerprint density at radius 2 is 2.21 bits per heavy atom. The molecule has 0 aromatic heterocycles. The van der Waals surface area contributed by atoms with E-state index < -0.39 is 0 Å². The Labute approximate surface area is 120 Å². The quantitative estimate of drug-likeness (QED) is 0.790. The molecule has 1 N–H and O–H groups in total. The first-order chi connectivity index (χ1) is 9.36. The molecule has 3 heteroatoms. The van der Waals surface area contributed by atoms with Crippen LogP contribution < -0.4 is 5.32 Å². The van der Waals surface area contributed by atoms with Gasteiger partial charge in [0, 0.05) is 4.90 Å². The smallest absolute Gasteiger partial charge is 0.0876 e. The van der Waals surface area contributed by atoms with Gasteiger partial charge in [-0.15, -0.1) is 11.8 Å². The van der Waals surface area contributed by atoms with Crippen molar-refractivity contribution >= 4 is 11.8 Å². The summed E-state index contributed by atoms with van der Waals surface area (Å²) in [5.74, 6) is 0. The molecule has 1 heterocycles. The van der Waals surface area contributed by atoms with E-state index in [0.717, 1.165) is 32.4 Å². The second kappa shape index (κ2) is 7.61. The summed E-state index contributed by atoms with van der Waals surface area (Å²) in [6, 6.07) is 8.96. The molecule has 1 atom stereocenters. The summed E-state index contributed by atoms with van der Waals surface area (Å²) in [4.78, 5) is 1.35. The lowest BCUT2D eigenvalue weighted by Gasteiger charge is -2.26. The first-order valence-corrected chi connectivity index (χ1v) is 8.26. The average molecular weight is 277 g/mol. The molecule has 0 bridgehead atoms. The van der Waals surface area contributed by atoms with Crippen LogP contribution in [-0.2, 0) is 4.74 Å². The second-order valence-electron chi connectivity index (χ2n) is 4.80. The highest BCUT2D eigenvalue weighted by molar-refractivity contribution is 7.98. The van der Waals surface area contributed by atoms with Crippen LogP contribution in [0.1, 0.15) is 37.8 Å². The zero-order valence-electron chi connectivity index (χ0n) is 11.8. The summed E-state index contributed by atoms with van der Waals surface area (Å²) in [6.07, 6.45) is 7.50. The van der Waals surface area contributed by atoms with Crippen LogP contribution in [0.3, 0.4) is 0 Å². The summed E-state index contributed by atoms with van der Waals surface area (Å²) >= 11 is 1.81. The molecule has 2 rings (SSSR count). The monoisotopic (exact) mass is 277 g/mol. The Morgan fingerprint density at radius 3 is 2.89 bits per heavy atom. The van der Waals surface area contributed by atoms with E-state index in [9.17, 15) is 0 Å². The van der Waals surface area contributed by atoms with Crippen LogP contribution >= 0.6 is 11.8 Å². The van der Waals surface area contributed by atoms with Crippen molar-refractivity contribution in [1.82, 2.24) is 5.32 Å². The Kier molecular flexibility index (Phi) is 5.80. The van der Waals surface area contributed by atoms with E-state index in [1.54, 1.807) is 0 Å². The van der Waals surface area contributed by atoms with Crippen molar-refractivity contribution in [3.8, 4) is 0 Å². The Bertz CT molecular complexity index is 431. The van der Waals surface area contributed by atoms with E-state index in [2.05, 4.69) is 42.8 Å². The molecule has 0 aliphatic carbocycles. The van der Waals surface area contributed by atoms with Crippen LogP contribution in [0.15, 0.2) is 41.0 Å². The van der Waals surface area contributed by atoms with Crippen molar-refractivity contribution in [2.45, 2.75) is 37.1 Å². The summed E-state index contributed by atoms with van der Waals surface area (Å²) in [5.41, 5.74) is 2.75. The van der Waals surface area contributed by atoms with Gasteiger partial charge in [0.1, 0.15) is 0 Å². The number of benzene rings is 1. The molecule has 104 valence electrons. The van der Waals surface area contributed by atoms with Crippen molar-refractivity contribution in [2.24, 2.45) is 0 Å². The largest absolute Gasteiger partial charge is 0.501 e. The summed E-state index contributed by atoms with van der Waals surface area (Å²) in [6.45, 7) is 4.09. The number of hydrogen-bond acceptors (Lipinski definition) is 3. The SMILES string of the molecule is CCCNC(C1=COCCC1)c1ccccc1SC. The van der Waals surface area contributed by atoms with Crippen LogP contribution in [0.4, 0.5) is 0 Å². The first-order valence-electron chi connectivity index (χ1n) is 7.03. The lowest BCUT2D eigenvalue weighted by Crippen LogP contribution is -2.25. The van der Waals surface area contributed by atoms with E-state index >= 15 is 0 Å². The number of thioether (sulfide) groups is 1. The van der Waals surface area contributed by atoms with Crippen LogP contribution in [0.5, 0.6) is 0 Å². The van der Waals surface area contributed by atoms with Crippen LogP contribution in [0.25, 0.3) is 0 Å². The first kappa shape index (κ1) is 14.5. The van der Waals surface area contributed by atoms with Gasteiger partial charge in [-0.1, -0.05) is 25.1 Å². The van der Waals surface area contributed by atoms with Gasteiger partial charge in [-0.2, -0.15) is 0 Å². The highest BCUT2D eigenvalue weighted by Crippen LogP contribution is 2.33. The number of nitrogens with one attached hydrogen (secondary N) is 1. The third-order valence-electron chi connectivity index (χ3n) is 3.38. The van der Waals surface area contributed by atoms with Gasteiger partial charge in [0.2, 0.25) is 0 Å². The van der Waals surface area contributed by atoms with Gasteiger partial charge in [0.25, 0.3) is 0 Å². The highest BCUT2D eigenvalue weighted by Gasteiger charge is 2.20. The highest BCUT2D eigenvalue weighted by atomic mass is 32.2. The van der Waals surface area contributed by atoms with Crippen molar-refractivity contribution in [3.05, 3.63) is 41.7 Å². The fourth-order valence-electron chi connectivity index (χ4n) is 2.43. The number of rotatable bonds is 6. The van der Waals surface area contributed by atoms with Gasteiger partial charge in [-0.05, 0) is 49.3 Å². The molecule has 2 nitrogen and oxygen atoms in total. The molecule has 19 heavy (non-hydrogen) atoms. The second-order valence-corrected chi connectivity index (χ2v) is 5.64. The molecule has 0 saturated heterocycles. The zero-order chi connectivity index (χ0) is 13.5. The minimum Gasteiger partial charge on any atom is -0.501 e. The molecule has 0 spiro atoms. The maximum atomic E-state index is 5.53. The van der Waals surface area contributed by atoms with E-state index in [-0.39, 0.29) is 0 Å². The van der Waals surface area contributed by atoms with Gasteiger partial charge in [0.05, 0.1) is 18.9 Å².